The van der Waals surface area contributed by atoms with E-state index in [4.69, 9.17) is 12.2 Å². The molecule has 1 saturated heterocycles. The first-order chi connectivity index (χ1) is 6.79. The molecule has 0 bridgehead atoms. The predicted molar refractivity (Wildman–Crippen MR) is 60.4 cm³/mol. The van der Waals surface area contributed by atoms with Crippen molar-refractivity contribution in [1.29, 1.82) is 0 Å². The Morgan fingerprint density at radius 3 is 2.86 bits per heavy atom. The highest BCUT2D eigenvalue weighted by molar-refractivity contribution is 7.71. The van der Waals surface area contributed by atoms with Crippen molar-refractivity contribution in [3.63, 3.8) is 0 Å². The Morgan fingerprint density at radius 2 is 2.21 bits per heavy atom. The molecule has 1 aromatic heterocycles. The summed E-state index contributed by atoms with van der Waals surface area (Å²) in [6, 6.07) is 2.00. The maximum absolute atomic E-state index is 5.06. The number of aromatic amines is 1. The van der Waals surface area contributed by atoms with Crippen molar-refractivity contribution in [2.45, 2.75) is 12.8 Å². The quantitative estimate of drug-likeness (QED) is 0.730. The number of hydrogen-bond donors (Lipinski definition) is 2. The van der Waals surface area contributed by atoms with Gasteiger partial charge in [0.05, 0.1) is 0 Å². The van der Waals surface area contributed by atoms with E-state index in [1.54, 1.807) is 0 Å². The molecule has 1 aromatic rings. The van der Waals surface area contributed by atoms with E-state index in [1.165, 1.54) is 12.8 Å². The lowest BCUT2D eigenvalue weighted by Crippen LogP contribution is -2.19. The van der Waals surface area contributed by atoms with Crippen molar-refractivity contribution in [2.75, 3.05) is 30.4 Å². The van der Waals surface area contributed by atoms with Crippen LogP contribution in [-0.4, -0.2) is 30.1 Å². The van der Waals surface area contributed by atoms with Crippen LogP contribution in [0.2, 0.25) is 0 Å². The first-order valence-electron chi connectivity index (χ1n) is 4.83. The molecule has 0 unspecified atom stereocenters. The number of aromatic nitrogens is 2. The maximum Gasteiger partial charge on any atom is 0.200 e. The van der Waals surface area contributed by atoms with Crippen LogP contribution in [0.15, 0.2) is 6.07 Å². The molecular weight excluding hydrogens is 196 g/mol. The Balaban J connectivity index is 2.32. The Labute approximate surface area is 88.4 Å². The predicted octanol–water partition coefficient (Wildman–Crippen LogP) is 1.78. The van der Waals surface area contributed by atoms with Gasteiger partial charge >= 0.3 is 0 Å². The lowest BCUT2D eigenvalue weighted by Gasteiger charge is -2.16. The average Bonchev–Trinajstić information content (AvgIpc) is 2.69. The summed E-state index contributed by atoms with van der Waals surface area (Å²) in [6.07, 6.45) is 2.50. The van der Waals surface area contributed by atoms with Gasteiger partial charge in [-0.2, -0.15) is 0 Å². The summed E-state index contributed by atoms with van der Waals surface area (Å²) in [5.74, 6) is 1.91. The first-order valence-corrected chi connectivity index (χ1v) is 5.24. The average molecular weight is 210 g/mol. The zero-order valence-electron chi connectivity index (χ0n) is 8.21. The summed E-state index contributed by atoms with van der Waals surface area (Å²) < 4.78 is 0.541. The fraction of sp³-hybridized carbons (Fsp3) is 0.556. The Kier molecular flexibility index (Phi) is 2.67. The molecule has 5 heteroatoms. The minimum absolute atomic E-state index is 0.541. The maximum atomic E-state index is 5.06. The molecular formula is C9H14N4S. The van der Waals surface area contributed by atoms with E-state index in [9.17, 15) is 0 Å². The monoisotopic (exact) mass is 210 g/mol. The van der Waals surface area contributed by atoms with Crippen LogP contribution in [0.1, 0.15) is 12.8 Å². The molecule has 14 heavy (non-hydrogen) atoms. The normalized spacial score (nSPS) is 15.9. The number of hydrogen-bond acceptors (Lipinski definition) is 4. The van der Waals surface area contributed by atoms with E-state index in [0.29, 0.717) is 4.77 Å². The van der Waals surface area contributed by atoms with Crippen molar-refractivity contribution in [3.8, 4) is 0 Å². The zero-order valence-corrected chi connectivity index (χ0v) is 9.02. The molecule has 0 atom stereocenters. The third kappa shape index (κ3) is 1.87. The van der Waals surface area contributed by atoms with Crippen LogP contribution in [0.25, 0.3) is 0 Å². The number of nitrogens with one attached hydrogen (secondary N) is 2. The van der Waals surface area contributed by atoms with Gasteiger partial charge in [-0.1, -0.05) is 0 Å². The van der Waals surface area contributed by atoms with Gasteiger partial charge in [0.2, 0.25) is 0 Å². The Hall–Kier alpha value is -1.10. The molecule has 0 amide bonds. The van der Waals surface area contributed by atoms with E-state index in [-0.39, 0.29) is 0 Å². The second kappa shape index (κ2) is 3.96. The topological polar surface area (TPSA) is 44.0 Å². The van der Waals surface area contributed by atoms with E-state index >= 15 is 0 Å². The van der Waals surface area contributed by atoms with Crippen molar-refractivity contribution in [1.82, 2.24) is 9.97 Å². The first kappa shape index (κ1) is 9.45. The number of rotatable bonds is 2. The van der Waals surface area contributed by atoms with Crippen LogP contribution < -0.4 is 10.2 Å². The molecule has 1 aliphatic rings. The largest absolute Gasteiger partial charge is 0.375 e. The third-order valence-corrected chi connectivity index (χ3v) is 2.62. The van der Waals surface area contributed by atoms with Gasteiger partial charge in [0.1, 0.15) is 11.6 Å². The van der Waals surface area contributed by atoms with Gasteiger partial charge < -0.3 is 15.2 Å². The molecule has 2 heterocycles. The van der Waals surface area contributed by atoms with E-state index in [2.05, 4.69) is 20.2 Å². The standard InChI is InChI=1S/C9H14N4S/c1-10-7-6-8(12-9(14)11-7)13-4-2-3-5-13/h6H,2-5H2,1H3,(H2,10,11,12,14). The van der Waals surface area contributed by atoms with Crippen molar-refractivity contribution >= 4 is 23.9 Å². The summed E-state index contributed by atoms with van der Waals surface area (Å²) in [4.78, 5) is 9.56. The highest BCUT2D eigenvalue weighted by atomic mass is 32.1. The summed E-state index contributed by atoms with van der Waals surface area (Å²) >= 11 is 5.06. The molecule has 0 saturated carbocycles. The van der Waals surface area contributed by atoms with E-state index in [0.717, 1.165) is 24.7 Å². The lowest BCUT2D eigenvalue weighted by molar-refractivity contribution is 0.923. The Bertz CT molecular complexity index is 367. The molecule has 4 nitrogen and oxygen atoms in total. The molecule has 0 aliphatic carbocycles. The second-order valence-electron chi connectivity index (χ2n) is 3.40. The fourth-order valence-corrected chi connectivity index (χ4v) is 1.89. The SMILES string of the molecule is CNc1cc(N2CCCC2)nc(=S)[nH]1. The summed E-state index contributed by atoms with van der Waals surface area (Å²) in [5, 5.41) is 3.04. The van der Waals surface area contributed by atoms with Crippen molar-refractivity contribution in [2.24, 2.45) is 0 Å². The van der Waals surface area contributed by atoms with Gasteiger partial charge in [-0.15, -0.1) is 0 Å². The van der Waals surface area contributed by atoms with Crippen LogP contribution in [0.3, 0.4) is 0 Å². The van der Waals surface area contributed by atoms with Gasteiger partial charge in [-0.05, 0) is 25.1 Å². The zero-order chi connectivity index (χ0) is 9.97. The van der Waals surface area contributed by atoms with Gasteiger partial charge in [0, 0.05) is 26.2 Å². The fourth-order valence-electron chi connectivity index (χ4n) is 1.69. The molecule has 76 valence electrons. The van der Waals surface area contributed by atoms with Gasteiger partial charge in [0.25, 0.3) is 0 Å². The van der Waals surface area contributed by atoms with Crippen LogP contribution in [-0.2, 0) is 0 Å². The summed E-state index contributed by atoms with van der Waals surface area (Å²) in [7, 11) is 1.87. The molecule has 0 radical (unpaired) electrons. The number of anilines is 2. The van der Waals surface area contributed by atoms with Crippen molar-refractivity contribution in [3.05, 3.63) is 10.8 Å². The molecule has 2 N–H and O–H groups in total. The van der Waals surface area contributed by atoms with Gasteiger partial charge in [-0.25, -0.2) is 4.98 Å². The number of H-pyrrole nitrogens is 1. The second-order valence-corrected chi connectivity index (χ2v) is 3.79. The molecule has 0 aromatic carbocycles. The minimum Gasteiger partial charge on any atom is -0.375 e. The van der Waals surface area contributed by atoms with Crippen LogP contribution in [0, 0.1) is 4.77 Å². The molecule has 2 rings (SSSR count). The summed E-state index contributed by atoms with van der Waals surface area (Å²) in [5.41, 5.74) is 0. The third-order valence-electron chi connectivity index (χ3n) is 2.43. The lowest BCUT2D eigenvalue weighted by atomic mass is 10.4. The van der Waals surface area contributed by atoms with Crippen molar-refractivity contribution < 1.29 is 0 Å². The van der Waals surface area contributed by atoms with Crippen LogP contribution >= 0.6 is 12.2 Å². The smallest absolute Gasteiger partial charge is 0.200 e. The molecule has 1 fully saturated rings. The van der Waals surface area contributed by atoms with E-state index in [1.807, 2.05) is 13.1 Å². The van der Waals surface area contributed by atoms with Crippen LogP contribution in [0.4, 0.5) is 11.6 Å². The molecule has 1 aliphatic heterocycles. The van der Waals surface area contributed by atoms with Gasteiger partial charge in [-0.3, -0.25) is 0 Å². The summed E-state index contributed by atoms with van der Waals surface area (Å²) in [6.45, 7) is 2.18. The van der Waals surface area contributed by atoms with E-state index < -0.39 is 0 Å². The van der Waals surface area contributed by atoms with Crippen LogP contribution in [0.5, 0.6) is 0 Å². The minimum atomic E-state index is 0.541. The highest BCUT2D eigenvalue weighted by Gasteiger charge is 2.13. The molecule has 0 spiro atoms. The highest BCUT2D eigenvalue weighted by Crippen LogP contribution is 2.19. The number of nitrogens with zero attached hydrogens (tertiary/aromatic N) is 2. The Morgan fingerprint density at radius 1 is 1.50 bits per heavy atom. The van der Waals surface area contributed by atoms with Gasteiger partial charge in [0.15, 0.2) is 4.77 Å².